The van der Waals surface area contributed by atoms with Crippen LogP contribution in [0.5, 0.6) is 0 Å². The zero-order valence-electron chi connectivity index (χ0n) is 14.1. The molecule has 0 bridgehead atoms. The Hall–Kier alpha value is -1.51. The van der Waals surface area contributed by atoms with Gasteiger partial charge in [-0.2, -0.15) is 0 Å². The third kappa shape index (κ3) is 3.11. The van der Waals surface area contributed by atoms with E-state index in [9.17, 15) is 0 Å². The van der Waals surface area contributed by atoms with Crippen molar-refractivity contribution in [2.75, 3.05) is 0 Å². The van der Waals surface area contributed by atoms with Crippen molar-refractivity contribution in [3.63, 3.8) is 0 Å². The van der Waals surface area contributed by atoms with Crippen LogP contribution in [0.3, 0.4) is 0 Å². The lowest BCUT2D eigenvalue weighted by molar-refractivity contribution is 0.0677. The van der Waals surface area contributed by atoms with Crippen LogP contribution in [-0.2, 0) is 10.3 Å². The first-order valence-electron chi connectivity index (χ1n) is 8.69. The van der Waals surface area contributed by atoms with Gasteiger partial charge >= 0.3 is 0 Å². The molecule has 3 rings (SSSR count). The fourth-order valence-corrected chi connectivity index (χ4v) is 3.70. The molecule has 0 aromatic heterocycles. The van der Waals surface area contributed by atoms with Gasteiger partial charge in [0.2, 0.25) is 0 Å². The first kappa shape index (κ1) is 16.4. The molecule has 4 heteroatoms. The summed E-state index contributed by atoms with van der Waals surface area (Å²) in [5.74, 6) is 0. The monoisotopic (exact) mass is 305 g/mol. The predicted octanol–water partition coefficient (Wildman–Crippen LogP) is 3.04. The average Bonchev–Trinajstić information content (AvgIpc) is 2.60. The van der Waals surface area contributed by atoms with E-state index in [1.807, 2.05) is 12.1 Å². The largest absolute Gasteiger partial charge is 0.423 e. The normalized spacial score (nSPS) is 24.7. The first-order valence-corrected chi connectivity index (χ1v) is 8.69. The van der Waals surface area contributed by atoms with Gasteiger partial charge in [0, 0.05) is 6.04 Å². The summed E-state index contributed by atoms with van der Waals surface area (Å²) in [4.78, 5) is 0. The Morgan fingerprint density at radius 2 is 1.52 bits per heavy atom. The standard InChI is InChI=1S/C19H25B2NO/c1-21-18(20)14-8-13-17(22)19(23-21,15-9-4-2-5-10-15)16-11-6-3-7-12-16/h2-7,9-12,17-18H,8,13-14,20,22H2,1H3/t17-,18+/m0/s1. The van der Waals surface area contributed by atoms with Crippen LogP contribution >= 0.6 is 0 Å². The molecule has 23 heavy (non-hydrogen) atoms. The van der Waals surface area contributed by atoms with E-state index in [-0.39, 0.29) is 13.0 Å². The molecule has 0 aliphatic carbocycles. The highest BCUT2D eigenvalue weighted by Gasteiger charge is 2.44. The highest BCUT2D eigenvalue weighted by molar-refractivity contribution is 6.61. The van der Waals surface area contributed by atoms with Crippen LogP contribution in [0.25, 0.3) is 0 Å². The molecule has 0 saturated carbocycles. The lowest BCUT2D eigenvalue weighted by Gasteiger charge is -2.44. The Balaban J connectivity index is 2.17. The van der Waals surface area contributed by atoms with E-state index in [1.165, 1.54) is 6.42 Å². The van der Waals surface area contributed by atoms with Crippen molar-refractivity contribution in [3.05, 3.63) is 71.8 Å². The van der Waals surface area contributed by atoms with Crippen molar-refractivity contribution in [1.82, 2.24) is 0 Å². The molecule has 2 N–H and O–H groups in total. The van der Waals surface area contributed by atoms with Gasteiger partial charge in [0.1, 0.15) is 5.60 Å². The zero-order valence-corrected chi connectivity index (χ0v) is 14.1. The molecular weight excluding hydrogens is 280 g/mol. The third-order valence-corrected chi connectivity index (χ3v) is 5.28. The molecule has 1 saturated heterocycles. The van der Waals surface area contributed by atoms with E-state index in [0.29, 0.717) is 5.72 Å². The van der Waals surface area contributed by atoms with Crippen molar-refractivity contribution in [2.45, 2.75) is 43.4 Å². The summed E-state index contributed by atoms with van der Waals surface area (Å²) in [5, 5.41) is 0. The topological polar surface area (TPSA) is 35.2 Å². The second-order valence-electron chi connectivity index (χ2n) is 6.81. The number of nitrogens with two attached hydrogens (primary N) is 1. The summed E-state index contributed by atoms with van der Waals surface area (Å²) in [6.07, 6.45) is 3.30. The summed E-state index contributed by atoms with van der Waals surface area (Å²) in [7, 11) is 2.28. The van der Waals surface area contributed by atoms with Gasteiger partial charge in [0.25, 0.3) is 6.92 Å². The molecule has 2 aromatic carbocycles. The summed E-state index contributed by atoms with van der Waals surface area (Å²) in [6, 6.07) is 20.9. The fourth-order valence-electron chi connectivity index (χ4n) is 3.70. The van der Waals surface area contributed by atoms with E-state index in [4.69, 9.17) is 10.4 Å². The molecule has 2 aromatic rings. The van der Waals surface area contributed by atoms with E-state index < -0.39 is 5.60 Å². The van der Waals surface area contributed by atoms with Crippen molar-refractivity contribution >= 4 is 14.8 Å². The molecule has 1 aliphatic rings. The van der Waals surface area contributed by atoms with Crippen molar-refractivity contribution < 1.29 is 4.65 Å². The Morgan fingerprint density at radius 1 is 1.00 bits per heavy atom. The molecule has 118 valence electrons. The maximum atomic E-state index is 6.75. The SMILES string of the molecule is B[C@H]1CCC[C@H](N)C(c2ccccc2)(c2ccccc2)OB1C. The van der Waals surface area contributed by atoms with Gasteiger partial charge in [-0.1, -0.05) is 86.0 Å². The Bertz CT molecular complexity index is 580. The van der Waals surface area contributed by atoms with Gasteiger partial charge in [-0.25, -0.2) is 0 Å². The van der Waals surface area contributed by atoms with Gasteiger partial charge in [0.15, 0.2) is 0 Å². The number of rotatable bonds is 2. The first-order chi connectivity index (χ1) is 11.1. The highest BCUT2D eigenvalue weighted by Crippen LogP contribution is 2.41. The second-order valence-corrected chi connectivity index (χ2v) is 6.81. The smallest absolute Gasteiger partial charge is 0.286 e. The number of benzene rings is 2. The third-order valence-electron chi connectivity index (χ3n) is 5.28. The lowest BCUT2D eigenvalue weighted by atomic mass is 9.47. The van der Waals surface area contributed by atoms with Crippen molar-refractivity contribution in [1.29, 1.82) is 0 Å². The maximum Gasteiger partial charge on any atom is 0.286 e. The summed E-state index contributed by atoms with van der Waals surface area (Å²) in [6.45, 7) is 2.35. The van der Waals surface area contributed by atoms with E-state index in [0.717, 1.165) is 24.0 Å². The van der Waals surface area contributed by atoms with E-state index >= 15 is 0 Å². The Kier molecular flexibility index (Phi) is 4.93. The minimum Gasteiger partial charge on any atom is -0.423 e. The van der Waals surface area contributed by atoms with Crippen LogP contribution in [0, 0.1) is 0 Å². The number of hydrogen-bond donors (Lipinski definition) is 1. The van der Waals surface area contributed by atoms with Gasteiger partial charge in [-0.05, 0) is 17.5 Å². The van der Waals surface area contributed by atoms with Gasteiger partial charge in [0.05, 0.1) is 7.85 Å². The van der Waals surface area contributed by atoms with E-state index in [1.54, 1.807) is 0 Å². The minimum atomic E-state index is -0.573. The quantitative estimate of drug-likeness (QED) is 0.866. The Labute approximate surface area is 141 Å². The molecule has 0 amide bonds. The second kappa shape index (κ2) is 6.94. The molecule has 1 heterocycles. The van der Waals surface area contributed by atoms with Crippen LogP contribution in [0.15, 0.2) is 60.7 Å². The van der Waals surface area contributed by atoms with Crippen LogP contribution in [0.1, 0.15) is 30.4 Å². The predicted molar refractivity (Wildman–Crippen MR) is 100 cm³/mol. The van der Waals surface area contributed by atoms with Crippen LogP contribution in [0.2, 0.25) is 12.5 Å². The molecule has 2 atom stereocenters. The summed E-state index contributed by atoms with van der Waals surface area (Å²) < 4.78 is 6.75. The van der Waals surface area contributed by atoms with Crippen LogP contribution in [-0.4, -0.2) is 20.8 Å². The summed E-state index contributed by atoms with van der Waals surface area (Å²) in [5.41, 5.74) is 9.00. The highest BCUT2D eigenvalue weighted by atomic mass is 16.5. The summed E-state index contributed by atoms with van der Waals surface area (Å²) >= 11 is 0. The molecule has 1 aliphatic heterocycles. The lowest BCUT2D eigenvalue weighted by Crippen LogP contribution is -2.52. The number of hydrogen-bond acceptors (Lipinski definition) is 2. The molecule has 0 unspecified atom stereocenters. The Morgan fingerprint density at radius 3 is 2.04 bits per heavy atom. The van der Waals surface area contributed by atoms with Gasteiger partial charge in [-0.3, -0.25) is 0 Å². The zero-order chi connectivity index (χ0) is 16.3. The maximum absolute atomic E-state index is 6.75. The average molecular weight is 305 g/mol. The van der Waals surface area contributed by atoms with E-state index in [2.05, 4.69) is 63.2 Å². The van der Waals surface area contributed by atoms with Crippen LogP contribution < -0.4 is 5.73 Å². The van der Waals surface area contributed by atoms with Crippen molar-refractivity contribution in [3.8, 4) is 0 Å². The van der Waals surface area contributed by atoms with Gasteiger partial charge in [-0.15, -0.1) is 0 Å². The minimum absolute atomic E-state index is 0.0535. The van der Waals surface area contributed by atoms with Gasteiger partial charge < -0.3 is 10.4 Å². The molecule has 1 fully saturated rings. The molecule has 2 nitrogen and oxygen atoms in total. The molecule has 0 spiro atoms. The van der Waals surface area contributed by atoms with Crippen LogP contribution in [0.4, 0.5) is 0 Å². The molecular formula is C19H25B2NO. The molecule has 0 radical (unpaired) electrons. The fraction of sp³-hybridized carbons (Fsp3) is 0.368. The van der Waals surface area contributed by atoms with Crippen molar-refractivity contribution in [2.24, 2.45) is 5.73 Å².